The second kappa shape index (κ2) is 12.2. The monoisotopic (exact) mass is 674 g/mol. The first-order chi connectivity index (χ1) is 21.7. The van der Waals surface area contributed by atoms with Crippen molar-refractivity contribution in [1.82, 2.24) is 0 Å². The van der Waals surface area contributed by atoms with Crippen molar-refractivity contribution >= 4 is 24.6 Å². The molecule has 0 aromatic rings. The van der Waals surface area contributed by atoms with E-state index in [2.05, 4.69) is 47.6 Å². The molecule has 0 aliphatic heterocycles. The zero-order valence-corrected chi connectivity index (χ0v) is 31.5. The molecule has 266 valence electrons. The number of thiol groups is 1. The molecule has 13 atom stereocenters. The third kappa shape index (κ3) is 5.23. The molecule has 0 heterocycles. The molecule has 5 rings (SSSR count). The van der Waals surface area contributed by atoms with Crippen LogP contribution < -0.4 is 0 Å². The number of carbonyl (C=O) groups excluding carboxylic acids is 2. The Morgan fingerprint density at radius 2 is 1.68 bits per heavy atom. The number of aliphatic hydroxyl groups is 3. The number of ether oxygens (including phenoxy) is 2. The van der Waals surface area contributed by atoms with E-state index in [1.807, 2.05) is 13.8 Å². The Morgan fingerprint density at radius 1 is 1.02 bits per heavy atom. The predicted molar refractivity (Wildman–Crippen MR) is 187 cm³/mol. The summed E-state index contributed by atoms with van der Waals surface area (Å²) < 4.78 is 11.7. The van der Waals surface area contributed by atoms with Crippen molar-refractivity contribution < 1.29 is 34.4 Å². The van der Waals surface area contributed by atoms with Crippen molar-refractivity contribution in [2.75, 3.05) is 6.61 Å². The number of hydrogen-bond donors (Lipinski definition) is 4. The Labute approximate surface area is 288 Å². The van der Waals surface area contributed by atoms with Gasteiger partial charge in [0.25, 0.3) is 0 Å². The highest BCUT2D eigenvalue weighted by Crippen LogP contribution is 2.75. The van der Waals surface area contributed by atoms with Crippen LogP contribution in [0.15, 0.2) is 23.3 Å². The van der Waals surface area contributed by atoms with Gasteiger partial charge in [0.15, 0.2) is 0 Å². The number of hydrogen-bond acceptors (Lipinski definition) is 8. The highest BCUT2D eigenvalue weighted by molar-refractivity contribution is 7.81. The molecule has 0 amide bonds. The Kier molecular flexibility index (Phi) is 9.55. The maximum Gasteiger partial charge on any atom is 0.333 e. The summed E-state index contributed by atoms with van der Waals surface area (Å²) in [7, 11) is 0. The van der Waals surface area contributed by atoms with Crippen LogP contribution in [-0.2, 0) is 19.1 Å². The minimum absolute atomic E-state index is 0.0466. The third-order valence-electron chi connectivity index (χ3n) is 15.2. The fourth-order valence-electron chi connectivity index (χ4n) is 11.5. The van der Waals surface area contributed by atoms with Crippen molar-refractivity contribution in [2.45, 2.75) is 150 Å². The maximum atomic E-state index is 13.1. The van der Waals surface area contributed by atoms with Gasteiger partial charge in [0.2, 0.25) is 0 Å². The molecule has 0 bridgehead atoms. The first kappa shape index (κ1) is 36.9. The standard InChI is InChI=1S/C39H62O7S/c1-11-22(3)32(43)45-21-39-20-29(46-33(44)23(4)12-2)34(5,6)19-25(39)24-13-14-26-35(7)17-16-28(40)38(10,47)27(35)15-18-36(26,8)37(24,9)30(41)31(39)42/h12-13,22,25-31,40-42,47H,11,14-21H2,1-10H3/b23-12-/t22?,25?,26?,27?,28-,29-,30-,31+,35+,36+,37-,38-,39+/m0/s1. The van der Waals surface area contributed by atoms with Crippen molar-refractivity contribution in [1.29, 1.82) is 0 Å². The smallest absolute Gasteiger partial charge is 0.333 e. The van der Waals surface area contributed by atoms with Gasteiger partial charge < -0.3 is 24.8 Å². The molecule has 47 heavy (non-hydrogen) atoms. The Bertz CT molecular complexity index is 1320. The second-order valence-electron chi connectivity index (χ2n) is 17.8. The van der Waals surface area contributed by atoms with Gasteiger partial charge in [0.05, 0.1) is 24.2 Å². The number of carbonyl (C=O) groups is 2. The molecule has 0 aromatic carbocycles. The van der Waals surface area contributed by atoms with Crippen LogP contribution in [0.4, 0.5) is 0 Å². The molecule has 4 unspecified atom stereocenters. The van der Waals surface area contributed by atoms with Crippen molar-refractivity contribution in [3.8, 4) is 0 Å². The molecular weight excluding hydrogens is 612 g/mol. The van der Waals surface area contributed by atoms with Crippen LogP contribution in [0.25, 0.3) is 0 Å². The van der Waals surface area contributed by atoms with E-state index >= 15 is 0 Å². The number of aliphatic hydroxyl groups excluding tert-OH is 3. The predicted octanol–water partition coefficient (Wildman–Crippen LogP) is 6.83. The minimum atomic E-state index is -1.20. The summed E-state index contributed by atoms with van der Waals surface area (Å²) in [5.74, 6) is -0.722. The molecule has 5 aliphatic rings. The van der Waals surface area contributed by atoms with Crippen molar-refractivity contribution in [3.05, 3.63) is 23.3 Å². The SMILES string of the molecule is C/C=C(/C)C(=O)O[C@H]1C[C@@]2(COC(=O)C(C)CC)C(CC1(C)C)C1=CCC3[C@@]4(C)CC[C@H](O)[C@@](C)(S)C4CC[C@@]3(C)[C@]1(C)[C@@H](O)[C@H]2O. The lowest BCUT2D eigenvalue weighted by molar-refractivity contribution is -0.258. The van der Waals surface area contributed by atoms with E-state index in [9.17, 15) is 24.9 Å². The third-order valence-corrected chi connectivity index (χ3v) is 15.8. The summed E-state index contributed by atoms with van der Waals surface area (Å²) in [5, 5.41) is 36.2. The highest BCUT2D eigenvalue weighted by atomic mass is 32.1. The summed E-state index contributed by atoms with van der Waals surface area (Å²) in [6.07, 6.45) is 6.50. The molecule has 0 radical (unpaired) electrons. The van der Waals surface area contributed by atoms with Gasteiger partial charge in [-0.2, -0.15) is 12.6 Å². The fraction of sp³-hybridized carbons (Fsp3) is 0.846. The van der Waals surface area contributed by atoms with Crippen LogP contribution in [0, 0.1) is 50.7 Å². The van der Waals surface area contributed by atoms with Crippen LogP contribution in [0.3, 0.4) is 0 Å². The van der Waals surface area contributed by atoms with E-state index in [4.69, 9.17) is 22.1 Å². The maximum absolute atomic E-state index is 13.1. The van der Waals surface area contributed by atoms with Gasteiger partial charge >= 0.3 is 11.9 Å². The molecule has 0 spiro atoms. The Hall–Kier alpha value is -1.35. The molecule has 8 heteroatoms. The number of allylic oxidation sites excluding steroid dienone is 2. The molecule has 3 N–H and O–H groups in total. The average Bonchev–Trinajstić information content (AvgIpc) is 3.01. The number of rotatable bonds is 6. The van der Waals surface area contributed by atoms with Gasteiger partial charge in [-0.25, -0.2) is 4.79 Å². The number of fused-ring (bicyclic) bond motifs is 7. The molecule has 5 aliphatic carbocycles. The largest absolute Gasteiger partial charge is 0.465 e. The van der Waals surface area contributed by atoms with Gasteiger partial charge in [-0.1, -0.05) is 66.2 Å². The summed E-state index contributed by atoms with van der Waals surface area (Å²) in [6, 6.07) is 0. The molecule has 7 nitrogen and oxygen atoms in total. The Balaban J connectivity index is 1.62. The van der Waals surface area contributed by atoms with E-state index in [1.165, 1.54) is 0 Å². The normalized spacial score (nSPS) is 48.1. The molecule has 4 saturated carbocycles. The van der Waals surface area contributed by atoms with E-state index in [-0.39, 0.29) is 53.5 Å². The molecule has 4 fully saturated rings. The van der Waals surface area contributed by atoms with Gasteiger partial charge in [-0.15, -0.1) is 0 Å². The zero-order valence-electron chi connectivity index (χ0n) is 30.6. The summed E-state index contributed by atoms with van der Waals surface area (Å²) in [6.45, 7) is 20.5. The van der Waals surface area contributed by atoms with E-state index in [1.54, 1.807) is 19.9 Å². The summed E-state index contributed by atoms with van der Waals surface area (Å²) >= 11 is 5.09. The van der Waals surface area contributed by atoms with Crippen molar-refractivity contribution in [3.63, 3.8) is 0 Å². The fourth-order valence-corrected chi connectivity index (χ4v) is 12.0. The van der Waals surface area contributed by atoms with Crippen LogP contribution in [0.2, 0.25) is 0 Å². The molecule has 0 saturated heterocycles. The van der Waals surface area contributed by atoms with Crippen LogP contribution in [-0.4, -0.2) is 63.0 Å². The summed E-state index contributed by atoms with van der Waals surface area (Å²) in [5.41, 5.74) is -0.940. The average molecular weight is 675 g/mol. The first-order valence-corrected chi connectivity index (χ1v) is 18.6. The van der Waals surface area contributed by atoms with Gasteiger partial charge in [0, 0.05) is 26.6 Å². The highest BCUT2D eigenvalue weighted by Gasteiger charge is 2.73. The van der Waals surface area contributed by atoms with E-state index < -0.39 is 51.4 Å². The van der Waals surface area contributed by atoms with Crippen LogP contribution in [0.1, 0.15) is 121 Å². The van der Waals surface area contributed by atoms with Crippen LogP contribution in [0.5, 0.6) is 0 Å². The lowest BCUT2D eigenvalue weighted by atomic mass is 9.33. The lowest BCUT2D eigenvalue weighted by Crippen LogP contribution is -2.73. The van der Waals surface area contributed by atoms with Gasteiger partial charge in [-0.05, 0) is 101 Å². The van der Waals surface area contributed by atoms with Gasteiger partial charge in [0.1, 0.15) is 12.7 Å². The summed E-state index contributed by atoms with van der Waals surface area (Å²) in [4.78, 5) is 26.2. The second-order valence-corrected chi connectivity index (χ2v) is 18.8. The lowest BCUT2D eigenvalue weighted by Gasteiger charge is -2.72. The van der Waals surface area contributed by atoms with Crippen LogP contribution >= 0.6 is 12.6 Å². The molecular formula is C39H62O7S. The topological polar surface area (TPSA) is 113 Å². The Morgan fingerprint density at radius 3 is 2.30 bits per heavy atom. The number of esters is 2. The van der Waals surface area contributed by atoms with E-state index in [0.717, 1.165) is 31.3 Å². The quantitative estimate of drug-likeness (QED) is 0.106. The van der Waals surface area contributed by atoms with E-state index in [0.29, 0.717) is 24.8 Å². The molecule has 0 aromatic heterocycles. The minimum Gasteiger partial charge on any atom is -0.465 e. The zero-order chi connectivity index (χ0) is 35.1. The van der Waals surface area contributed by atoms with Gasteiger partial charge in [-0.3, -0.25) is 4.79 Å². The first-order valence-electron chi connectivity index (χ1n) is 18.2. The van der Waals surface area contributed by atoms with Crippen molar-refractivity contribution in [2.24, 2.45) is 50.7 Å².